The van der Waals surface area contributed by atoms with Crippen LogP contribution in [0.3, 0.4) is 0 Å². The Morgan fingerprint density at radius 1 is 1.15 bits per heavy atom. The molecule has 1 aromatic carbocycles. The van der Waals surface area contributed by atoms with Gasteiger partial charge in [0.05, 0.1) is 16.6 Å². The van der Waals surface area contributed by atoms with Crippen LogP contribution in [0, 0.1) is 0 Å². The van der Waals surface area contributed by atoms with E-state index in [-0.39, 0.29) is 47.9 Å². The molecule has 4 rings (SSSR count). The van der Waals surface area contributed by atoms with Crippen LogP contribution in [0.5, 0.6) is 5.75 Å². The van der Waals surface area contributed by atoms with Crippen LogP contribution < -0.4 is 14.4 Å². The number of halogens is 3. The van der Waals surface area contributed by atoms with E-state index in [9.17, 15) is 26.4 Å². The third-order valence-corrected chi connectivity index (χ3v) is 8.29. The first-order valence-electron chi connectivity index (χ1n) is 10.8. The minimum absolute atomic E-state index is 0.0320. The number of rotatable bonds is 6. The lowest BCUT2D eigenvalue weighted by molar-refractivity contribution is -0.138. The Balaban J connectivity index is 1.52. The van der Waals surface area contributed by atoms with Crippen molar-refractivity contribution in [2.45, 2.75) is 42.9 Å². The van der Waals surface area contributed by atoms with Crippen molar-refractivity contribution < 1.29 is 31.1 Å². The SMILES string of the molecule is CNS(=O)(=O)c1ccc(OC2CCCC2)c(C(=O)N2CCN(c3nnc(C(F)(F)F)s3)CC2)c1. The maximum atomic E-state index is 13.4. The van der Waals surface area contributed by atoms with Gasteiger partial charge >= 0.3 is 6.18 Å². The zero-order valence-electron chi connectivity index (χ0n) is 18.3. The summed E-state index contributed by atoms with van der Waals surface area (Å²) < 4.78 is 71.4. The van der Waals surface area contributed by atoms with Gasteiger partial charge in [0.25, 0.3) is 5.91 Å². The summed E-state index contributed by atoms with van der Waals surface area (Å²) in [5.41, 5.74) is 0.145. The highest BCUT2D eigenvalue weighted by Gasteiger charge is 2.37. The van der Waals surface area contributed by atoms with Gasteiger partial charge < -0.3 is 14.5 Å². The number of carbonyl (C=O) groups is 1. The van der Waals surface area contributed by atoms with E-state index in [1.165, 1.54) is 30.1 Å². The number of nitrogens with one attached hydrogen (secondary N) is 1. The number of amides is 1. The van der Waals surface area contributed by atoms with E-state index in [1.807, 2.05) is 0 Å². The molecule has 2 aromatic rings. The lowest BCUT2D eigenvalue weighted by Crippen LogP contribution is -2.49. The maximum absolute atomic E-state index is 13.4. The van der Waals surface area contributed by atoms with Crippen molar-refractivity contribution in [2.24, 2.45) is 0 Å². The lowest BCUT2D eigenvalue weighted by Gasteiger charge is -2.34. The highest BCUT2D eigenvalue weighted by Crippen LogP contribution is 2.35. The quantitative estimate of drug-likeness (QED) is 0.626. The molecule has 34 heavy (non-hydrogen) atoms. The summed E-state index contributed by atoms with van der Waals surface area (Å²) in [7, 11) is -2.49. The van der Waals surface area contributed by atoms with Crippen molar-refractivity contribution in [3.8, 4) is 5.75 Å². The van der Waals surface area contributed by atoms with Gasteiger partial charge in [-0.05, 0) is 50.9 Å². The molecule has 2 fully saturated rings. The molecule has 2 aliphatic rings. The fourth-order valence-corrected chi connectivity index (χ4v) is 5.50. The molecular formula is C20H24F3N5O4S2. The maximum Gasteiger partial charge on any atom is 0.445 e. The number of hydrogen-bond donors (Lipinski definition) is 1. The molecule has 186 valence electrons. The largest absolute Gasteiger partial charge is 0.490 e. The van der Waals surface area contributed by atoms with Gasteiger partial charge in [0.15, 0.2) is 0 Å². The highest BCUT2D eigenvalue weighted by atomic mass is 32.2. The normalized spacial score (nSPS) is 17.9. The Bertz CT molecular complexity index is 1140. The van der Waals surface area contributed by atoms with Gasteiger partial charge in [0.2, 0.25) is 20.2 Å². The first-order chi connectivity index (χ1) is 16.1. The summed E-state index contributed by atoms with van der Waals surface area (Å²) in [5, 5.41) is 5.97. The molecule has 1 aliphatic carbocycles. The van der Waals surface area contributed by atoms with E-state index >= 15 is 0 Å². The predicted octanol–water partition coefficient (Wildman–Crippen LogP) is 2.75. The van der Waals surface area contributed by atoms with Gasteiger partial charge in [0.1, 0.15) is 5.75 Å². The molecular weight excluding hydrogens is 495 g/mol. The number of aromatic nitrogens is 2. The number of hydrogen-bond acceptors (Lipinski definition) is 8. The number of carbonyl (C=O) groups excluding carboxylic acids is 1. The van der Waals surface area contributed by atoms with E-state index in [0.29, 0.717) is 17.1 Å². The second kappa shape index (κ2) is 9.66. The van der Waals surface area contributed by atoms with Gasteiger partial charge in [-0.1, -0.05) is 11.3 Å². The van der Waals surface area contributed by atoms with E-state index in [1.54, 1.807) is 4.90 Å². The van der Waals surface area contributed by atoms with Crippen molar-refractivity contribution in [3.05, 3.63) is 28.8 Å². The molecule has 1 N–H and O–H groups in total. The molecule has 1 amide bonds. The molecule has 0 atom stereocenters. The van der Waals surface area contributed by atoms with Gasteiger partial charge in [-0.2, -0.15) is 13.2 Å². The molecule has 0 unspecified atom stereocenters. The zero-order valence-corrected chi connectivity index (χ0v) is 20.0. The molecule has 1 saturated heterocycles. The summed E-state index contributed by atoms with van der Waals surface area (Å²) in [6.07, 6.45) is -0.791. The number of anilines is 1. The van der Waals surface area contributed by atoms with Crippen LogP contribution in [0.2, 0.25) is 0 Å². The van der Waals surface area contributed by atoms with E-state index in [0.717, 1.165) is 25.7 Å². The minimum Gasteiger partial charge on any atom is -0.490 e. The van der Waals surface area contributed by atoms with E-state index < -0.39 is 27.1 Å². The third-order valence-electron chi connectivity index (χ3n) is 5.85. The first-order valence-corrected chi connectivity index (χ1v) is 13.1. The smallest absolute Gasteiger partial charge is 0.445 e. The average molecular weight is 520 g/mol. The second-order valence-corrected chi connectivity index (χ2v) is 10.9. The van der Waals surface area contributed by atoms with Crippen molar-refractivity contribution >= 4 is 32.4 Å². The fourth-order valence-electron chi connectivity index (χ4n) is 3.98. The van der Waals surface area contributed by atoms with E-state index in [2.05, 4.69) is 14.9 Å². The van der Waals surface area contributed by atoms with Crippen LogP contribution in [-0.2, 0) is 16.2 Å². The van der Waals surface area contributed by atoms with Gasteiger partial charge in [-0.15, -0.1) is 10.2 Å². The molecule has 1 aromatic heterocycles. The van der Waals surface area contributed by atoms with Crippen molar-refractivity contribution in [1.29, 1.82) is 0 Å². The highest BCUT2D eigenvalue weighted by molar-refractivity contribution is 7.89. The van der Waals surface area contributed by atoms with Crippen LogP contribution in [0.4, 0.5) is 18.3 Å². The van der Waals surface area contributed by atoms with Crippen LogP contribution in [0.15, 0.2) is 23.1 Å². The lowest BCUT2D eigenvalue weighted by atomic mass is 10.1. The monoisotopic (exact) mass is 519 g/mol. The topological polar surface area (TPSA) is 105 Å². The van der Waals surface area contributed by atoms with E-state index in [4.69, 9.17) is 4.74 Å². The number of piperazine rings is 1. The summed E-state index contributed by atoms with van der Waals surface area (Å²) in [4.78, 5) is 16.5. The van der Waals surface area contributed by atoms with Crippen LogP contribution in [-0.4, -0.2) is 68.8 Å². The molecule has 1 aliphatic heterocycles. The Labute approximate surface area is 199 Å². The van der Waals surface area contributed by atoms with Crippen molar-refractivity contribution in [1.82, 2.24) is 19.8 Å². The van der Waals surface area contributed by atoms with Crippen LogP contribution in [0.25, 0.3) is 0 Å². The van der Waals surface area contributed by atoms with Crippen molar-refractivity contribution in [2.75, 3.05) is 38.1 Å². The molecule has 1 saturated carbocycles. The molecule has 9 nitrogen and oxygen atoms in total. The minimum atomic E-state index is -4.55. The number of alkyl halides is 3. The summed E-state index contributed by atoms with van der Waals surface area (Å²) in [5.74, 6) is -0.0673. The number of benzene rings is 1. The predicted molar refractivity (Wildman–Crippen MR) is 119 cm³/mol. The molecule has 0 spiro atoms. The van der Waals surface area contributed by atoms with Gasteiger partial charge in [-0.3, -0.25) is 4.79 Å². The first kappa shape index (κ1) is 24.7. The average Bonchev–Trinajstić information content (AvgIpc) is 3.51. The van der Waals surface area contributed by atoms with Crippen LogP contribution in [0.1, 0.15) is 41.0 Å². The Morgan fingerprint density at radius 2 is 1.82 bits per heavy atom. The summed E-state index contributed by atoms with van der Waals surface area (Å²) in [6, 6.07) is 4.22. The van der Waals surface area contributed by atoms with Gasteiger partial charge in [0, 0.05) is 26.2 Å². The third kappa shape index (κ3) is 5.28. The second-order valence-electron chi connectivity index (χ2n) is 8.06. The molecule has 14 heteroatoms. The number of nitrogens with zero attached hydrogens (tertiary/aromatic N) is 4. The van der Waals surface area contributed by atoms with Crippen LogP contribution >= 0.6 is 11.3 Å². The number of ether oxygens (including phenoxy) is 1. The van der Waals surface area contributed by atoms with Crippen molar-refractivity contribution in [3.63, 3.8) is 0 Å². The molecule has 2 heterocycles. The Hall–Kier alpha value is -2.45. The summed E-state index contributed by atoms with van der Waals surface area (Å²) >= 11 is 0.461. The molecule has 0 radical (unpaired) electrons. The standard InChI is InChI=1S/C20H24F3N5O4S2/c1-24-34(30,31)14-6-7-16(32-13-4-2-3-5-13)15(12-14)17(29)27-8-10-28(11-9-27)19-26-25-18(33-19)20(21,22)23/h6-7,12-13,24H,2-5,8-11H2,1H3. The zero-order chi connectivity index (χ0) is 24.5. The Morgan fingerprint density at radius 3 is 2.41 bits per heavy atom. The fraction of sp³-hybridized carbons (Fsp3) is 0.550. The Kier molecular flexibility index (Phi) is 7.01. The summed E-state index contributed by atoms with van der Waals surface area (Å²) in [6.45, 7) is 0.994. The van der Waals surface area contributed by atoms with Gasteiger partial charge in [-0.25, -0.2) is 13.1 Å². The number of sulfonamides is 1. The molecule has 0 bridgehead atoms.